The lowest BCUT2D eigenvalue weighted by molar-refractivity contribution is -0.991. The van der Waals surface area contributed by atoms with Gasteiger partial charge < -0.3 is 19.4 Å². The molecular formula is C23H23N3O7. The van der Waals surface area contributed by atoms with Crippen LogP contribution in [0.25, 0.3) is 10.8 Å². The molecule has 10 heteroatoms. The number of methoxy groups -OCH3 is 3. The van der Waals surface area contributed by atoms with E-state index in [1.165, 1.54) is 38.5 Å². The fourth-order valence-electron chi connectivity index (χ4n) is 4.09. The summed E-state index contributed by atoms with van der Waals surface area (Å²) < 4.78 is 16.1. The first kappa shape index (κ1) is 22.5. The monoisotopic (exact) mass is 453 g/mol. The van der Waals surface area contributed by atoms with Crippen molar-refractivity contribution in [1.29, 1.82) is 0 Å². The minimum atomic E-state index is -1.15. The van der Waals surface area contributed by atoms with Crippen LogP contribution < -0.4 is 19.4 Å². The second kappa shape index (κ2) is 8.68. The fraction of sp³-hybridized carbons (Fsp3) is 0.217. The summed E-state index contributed by atoms with van der Waals surface area (Å²) in [6, 6.07) is 11.2. The Morgan fingerprint density at radius 3 is 2.18 bits per heavy atom. The number of hydrogen-bond donors (Lipinski definition) is 2. The number of amides is 2. The zero-order valence-electron chi connectivity index (χ0n) is 18.5. The van der Waals surface area contributed by atoms with E-state index in [1.54, 1.807) is 37.4 Å². The standard InChI is InChI=1S/C23H23N3O7/c1-24(12-13-8-18(31-2)21(33-4)19(9-13)32-3)25-22(27)16-7-5-6-14-10-15(26(29)30)11-17(20(14)16)23(25)28/h5-11,26,29H,12H2,1-4H3. The SMILES string of the molecule is COc1cc(CN(C)N2C(=O)c3cccc4cc([NH+]([O-])O)cc(c34)C2=O)cc(OC)c1OC. The molecular weight excluding hydrogens is 430 g/mol. The Balaban J connectivity index is 1.74. The van der Waals surface area contributed by atoms with E-state index >= 15 is 0 Å². The molecule has 10 nitrogen and oxygen atoms in total. The van der Waals surface area contributed by atoms with Gasteiger partial charge in [-0.05, 0) is 29.1 Å². The average Bonchev–Trinajstić information content (AvgIpc) is 2.81. The molecule has 0 saturated heterocycles. The maximum Gasteiger partial charge on any atom is 0.276 e. The van der Waals surface area contributed by atoms with Crippen LogP contribution >= 0.6 is 0 Å². The summed E-state index contributed by atoms with van der Waals surface area (Å²) in [5.41, 5.74) is 1.17. The molecule has 4 rings (SSSR count). The molecule has 3 aromatic carbocycles. The molecule has 0 spiro atoms. The van der Waals surface area contributed by atoms with Gasteiger partial charge in [-0.3, -0.25) is 9.59 Å². The smallest absolute Gasteiger partial charge is 0.276 e. The van der Waals surface area contributed by atoms with Crippen molar-refractivity contribution in [2.45, 2.75) is 6.54 Å². The van der Waals surface area contributed by atoms with E-state index in [0.717, 1.165) is 5.01 Å². The quantitative estimate of drug-likeness (QED) is 0.412. The summed E-state index contributed by atoms with van der Waals surface area (Å²) in [6.07, 6.45) is 0. The van der Waals surface area contributed by atoms with E-state index in [2.05, 4.69) is 0 Å². The van der Waals surface area contributed by atoms with Gasteiger partial charge in [-0.25, -0.2) is 15.2 Å². The number of benzene rings is 3. The summed E-state index contributed by atoms with van der Waals surface area (Å²) in [6.45, 7) is 0.165. The van der Waals surface area contributed by atoms with E-state index in [-0.39, 0.29) is 17.8 Å². The molecule has 0 aromatic heterocycles. The lowest BCUT2D eigenvalue weighted by atomic mass is 9.94. The number of ether oxygens (including phenoxy) is 3. The Morgan fingerprint density at radius 1 is 0.970 bits per heavy atom. The molecule has 0 bridgehead atoms. The van der Waals surface area contributed by atoms with Crippen LogP contribution in [0.2, 0.25) is 0 Å². The number of carbonyl (C=O) groups excluding carboxylic acids is 2. The Hall–Kier alpha value is -3.70. The zero-order chi connectivity index (χ0) is 23.9. The summed E-state index contributed by atoms with van der Waals surface area (Å²) in [5.74, 6) is 0.228. The van der Waals surface area contributed by atoms with Crippen molar-refractivity contribution in [3.63, 3.8) is 0 Å². The van der Waals surface area contributed by atoms with Gasteiger partial charge in [0.25, 0.3) is 11.8 Å². The topological polar surface area (TPSA) is 116 Å². The lowest BCUT2D eigenvalue weighted by Gasteiger charge is -2.34. The Labute approximate surface area is 189 Å². The second-order valence-corrected chi connectivity index (χ2v) is 7.50. The summed E-state index contributed by atoms with van der Waals surface area (Å²) in [5, 5.41) is 23.4. The number of hydrogen-bond acceptors (Lipinski definition) is 8. The molecule has 1 atom stereocenters. The summed E-state index contributed by atoms with van der Waals surface area (Å²) in [4.78, 5) is 26.7. The van der Waals surface area contributed by atoms with Gasteiger partial charge in [-0.15, -0.1) is 0 Å². The second-order valence-electron chi connectivity index (χ2n) is 7.50. The van der Waals surface area contributed by atoms with Crippen LogP contribution in [0.3, 0.4) is 0 Å². The van der Waals surface area contributed by atoms with Crippen LogP contribution in [0, 0.1) is 5.21 Å². The van der Waals surface area contributed by atoms with Crippen molar-refractivity contribution < 1.29 is 34.2 Å². The van der Waals surface area contributed by atoms with Crippen molar-refractivity contribution in [1.82, 2.24) is 10.0 Å². The number of carbonyl (C=O) groups is 2. The summed E-state index contributed by atoms with van der Waals surface area (Å²) in [7, 11) is 6.10. The first-order chi connectivity index (χ1) is 15.8. The van der Waals surface area contributed by atoms with E-state index < -0.39 is 17.0 Å². The van der Waals surface area contributed by atoms with Crippen molar-refractivity contribution in [3.8, 4) is 17.2 Å². The number of hydrazine groups is 1. The molecule has 1 aliphatic rings. The fourth-order valence-corrected chi connectivity index (χ4v) is 4.09. The zero-order valence-corrected chi connectivity index (χ0v) is 18.5. The van der Waals surface area contributed by atoms with Crippen LogP contribution in [-0.4, -0.2) is 55.4 Å². The number of nitrogens with one attached hydrogen (secondary N) is 1. The molecule has 1 aliphatic heterocycles. The Bertz CT molecular complexity index is 1230. The maximum absolute atomic E-state index is 13.4. The Morgan fingerprint density at radius 2 is 1.61 bits per heavy atom. The van der Waals surface area contributed by atoms with Gasteiger partial charge in [0, 0.05) is 31.1 Å². The minimum absolute atomic E-state index is 0.0235. The molecule has 172 valence electrons. The molecule has 1 unspecified atom stereocenters. The number of rotatable bonds is 7. The number of quaternary nitrogens is 1. The maximum atomic E-state index is 13.4. The van der Waals surface area contributed by atoms with Crippen LogP contribution in [0.4, 0.5) is 5.69 Å². The van der Waals surface area contributed by atoms with Gasteiger partial charge in [-0.1, -0.05) is 12.1 Å². The van der Waals surface area contributed by atoms with Gasteiger partial charge >= 0.3 is 0 Å². The third-order valence-corrected chi connectivity index (χ3v) is 5.55. The van der Waals surface area contributed by atoms with E-state index in [1.807, 2.05) is 0 Å². The van der Waals surface area contributed by atoms with Crippen molar-refractivity contribution in [3.05, 3.63) is 64.4 Å². The van der Waals surface area contributed by atoms with Crippen molar-refractivity contribution in [2.24, 2.45) is 0 Å². The van der Waals surface area contributed by atoms with Crippen LogP contribution in [0.5, 0.6) is 17.2 Å². The highest BCUT2D eigenvalue weighted by atomic mass is 16.8. The van der Waals surface area contributed by atoms with Gasteiger partial charge in [0.2, 0.25) is 5.75 Å². The number of imide groups is 1. The van der Waals surface area contributed by atoms with E-state index in [9.17, 15) is 20.0 Å². The van der Waals surface area contributed by atoms with Gasteiger partial charge in [0.15, 0.2) is 17.2 Å². The molecule has 3 aromatic rings. The Kier molecular flexibility index (Phi) is 5.91. The van der Waals surface area contributed by atoms with E-state index in [0.29, 0.717) is 39.1 Å². The first-order valence-electron chi connectivity index (χ1n) is 9.99. The molecule has 0 fully saturated rings. The van der Waals surface area contributed by atoms with Crippen molar-refractivity contribution in [2.75, 3.05) is 28.4 Å². The van der Waals surface area contributed by atoms with Crippen LogP contribution in [0.1, 0.15) is 26.3 Å². The third-order valence-electron chi connectivity index (χ3n) is 5.55. The predicted molar refractivity (Wildman–Crippen MR) is 118 cm³/mol. The van der Waals surface area contributed by atoms with Crippen LogP contribution in [-0.2, 0) is 6.54 Å². The highest BCUT2D eigenvalue weighted by Gasteiger charge is 2.36. The molecule has 1 heterocycles. The largest absolute Gasteiger partial charge is 0.595 e. The van der Waals surface area contributed by atoms with Crippen molar-refractivity contribution >= 4 is 28.3 Å². The molecule has 2 amide bonds. The third kappa shape index (κ3) is 3.74. The predicted octanol–water partition coefficient (Wildman–Crippen LogP) is 1.91. The highest BCUT2D eigenvalue weighted by Crippen LogP contribution is 2.39. The van der Waals surface area contributed by atoms with Gasteiger partial charge in [0.1, 0.15) is 0 Å². The number of nitrogens with zero attached hydrogens (tertiary/aromatic N) is 2. The molecule has 0 radical (unpaired) electrons. The molecule has 0 saturated carbocycles. The van der Waals surface area contributed by atoms with Gasteiger partial charge in [-0.2, -0.15) is 5.23 Å². The molecule has 2 N–H and O–H groups in total. The highest BCUT2D eigenvalue weighted by molar-refractivity contribution is 6.25. The van der Waals surface area contributed by atoms with E-state index in [4.69, 9.17) is 14.2 Å². The summed E-state index contributed by atoms with van der Waals surface area (Å²) >= 11 is 0. The normalized spacial score (nSPS) is 14.1. The van der Waals surface area contributed by atoms with Crippen LogP contribution in [0.15, 0.2) is 42.5 Å². The molecule has 0 aliphatic carbocycles. The average molecular weight is 453 g/mol. The first-order valence-corrected chi connectivity index (χ1v) is 9.99. The minimum Gasteiger partial charge on any atom is -0.595 e. The van der Waals surface area contributed by atoms with Gasteiger partial charge in [0.05, 0.1) is 32.5 Å². The molecule has 33 heavy (non-hydrogen) atoms. The lowest BCUT2D eigenvalue weighted by Crippen LogP contribution is -2.99.